The summed E-state index contributed by atoms with van der Waals surface area (Å²) in [5.74, 6) is -0.310. The van der Waals surface area contributed by atoms with Crippen molar-refractivity contribution in [3.63, 3.8) is 0 Å². The van der Waals surface area contributed by atoms with Crippen molar-refractivity contribution >= 4 is 49.1 Å². The van der Waals surface area contributed by atoms with E-state index in [1.165, 1.54) is 12.1 Å². The van der Waals surface area contributed by atoms with Gasteiger partial charge < -0.3 is 5.32 Å². The first-order valence-electron chi connectivity index (χ1n) is 5.19. The molecule has 0 fully saturated rings. The Labute approximate surface area is 127 Å². The van der Waals surface area contributed by atoms with Gasteiger partial charge in [-0.15, -0.1) is 0 Å². The van der Waals surface area contributed by atoms with Gasteiger partial charge in [-0.25, -0.2) is 4.39 Å². The Morgan fingerprint density at radius 2 is 1.83 bits per heavy atom. The largest absolute Gasteiger partial charge is 0.379 e. The molecule has 18 heavy (non-hydrogen) atoms. The predicted molar refractivity (Wildman–Crippen MR) is 80.6 cm³/mol. The topological polar surface area (TPSA) is 12.0 Å². The molecule has 0 unspecified atom stereocenters. The number of halogens is 4. The second kappa shape index (κ2) is 6.04. The fourth-order valence-electron chi connectivity index (χ4n) is 1.48. The van der Waals surface area contributed by atoms with Crippen molar-refractivity contribution in [2.45, 2.75) is 6.54 Å². The first kappa shape index (κ1) is 13.8. The Balaban J connectivity index is 2.11. The maximum atomic E-state index is 13.5. The van der Waals surface area contributed by atoms with Crippen LogP contribution in [0.1, 0.15) is 5.56 Å². The highest BCUT2D eigenvalue weighted by Crippen LogP contribution is 2.25. The van der Waals surface area contributed by atoms with E-state index in [1.807, 2.05) is 18.2 Å². The Kier molecular flexibility index (Phi) is 4.65. The maximum absolute atomic E-state index is 13.5. The van der Waals surface area contributed by atoms with Crippen LogP contribution in [-0.4, -0.2) is 0 Å². The van der Waals surface area contributed by atoms with E-state index in [1.54, 1.807) is 6.07 Å². The van der Waals surface area contributed by atoms with Gasteiger partial charge in [0.05, 0.1) is 5.69 Å². The molecular formula is C13H9Br2ClFN. The molecule has 0 aliphatic heterocycles. The van der Waals surface area contributed by atoms with Crippen LogP contribution in [0.3, 0.4) is 0 Å². The molecular weight excluding hydrogens is 384 g/mol. The zero-order valence-corrected chi connectivity index (χ0v) is 13.1. The molecule has 1 nitrogen and oxygen atoms in total. The number of hydrogen-bond donors (Lipinski definition) is 1. The third-order valence-corrected chi connectivity index (χ3v) is 4.51. The lowest BCUT2D eigenvalue weighted by atomic mass is 10.2. The van der Waals surface area contributed by atoms with Gasteiger partial charge in [-0.2, -0.15) is 0 Å². The van der Waals surface area contributed by atoms with Crippen molar-refractivity contribution < 1.29 is 4.39 Å². The van der Waals surface area contributed by atoms with E-state index < -0.39 is 0 Å². The van der Waals surface area contributed by atoms with Crippen LogP contribution < -0.4 is 5.32 Å². The summed E-state index contributed by atoms with van der Waals surface area (Å²) in [4.78, 5) is 0. The number of anilines is 1. The molecule has 1 N–H and O–H groups in total. The molecule has 2 rings (SSSR count). The lowest BCUT2D eigenvalue weighted by Gasteiger charge is -2.09. The van der Waals surface area contributed by atoms with Crippen LogP contribution in [0.2, 0.25) is 5.02 Å². The van der Waals surface area contributed by atoms with Crippen molar-refractivity contribution in [2.75, 3.05) is 5.32 Å². The Hall–Kier alpha value is -0.580. The molecule has 2 aromatic carbocycles. The van der Waals surface area contributed by atoms with Gasteiger partial charge >= 0.3 is 0 Å². The van der Waals surface area contributed by atoms with E-state index in [4.69, 9.17) is 11.6 Å². The molecule has 94 valence electrons. The van der Waals surface area contributed by atoms with Crippen molar-refractivity contribution in [2.24, 2.45) is 0 Å². The van der Waals surface area contributed by atoms with Gasteiger partial charge in [-0.05, 0) is 67.8 Å². The molecule has 0 aromatic heterocycles. The number of nitrogens with one attached hydrogen (secondary N) is 1. The van der Waals surface area contributed by atoms with E-state index in [0.717, 1.165) is 14.5 Å². The molecule has 5 heteroatoms. The molecule has 0 heterocycles. The fourth-order valence-corrected chi connectivity index (χ4v) is 2.32. The van der Waals surface area contributed by atoms with Gasteiger partial charge in [0.25, 0.3) is 0 Å². The summed E-state index contributed by atoms with van der Waals surface area (Å²) in [6, 6.07) is 10.3. The van der Waals surface area contributed by atoms with Gasteiger partial charge in [0.2, 0.25) is 0 Å². The van der Waals surface area contributed by atoms with Crippen LogP contribution in [0.25, 0.3) is 0 Å². The van der Waals surface area contributed by atoms with E-state index in [-0.39, 0.29) is 5.82 Å². The summed E-state index contributed by atoms with van der Waals surface area (Å²) in [7, 11) is 0. The van der Waals surface area contributed by atoms with Crippen LogP contribution in [0, 0.1) is 5.82 Å². The molecule has 0 amide bonds. The summed E-state index contributed by atoms with van der Waals surface area (Å²) in [6.45, 7) is 0.531. The smallest absolute Gasteiger partial charge is 0.146 e. The van der Waals surface area contributed by atoms with Crippen molar-refractivity contribution in [3.05, 3.63) is 61.7 Å². The highest BCUT2D eigenvalue weighted by molar-refractivity contribution is 9.13. The molecule has 2 aromatic rings. The summed E-state index contributed by atoms with van der Waals surface area (Å²) in [6.07, 6.45) is 0. The summed E-state index contributed by atoms with van der Waals surface area (Å²) < 4.78 is 15.4. The van der Waals surface area contributed by atoms with Gasteiger partial charge in [0.15, 0.2) is 0 Å². The van der Waals surface area contributed by atoms with Gasteiger partial charge in [-0.3, -0.25) is 0 Å². The molecule has 0 atom stereocenters. The molecule has 0 saturated carbocycles. The molecule has 0 bridgehead atoms. The van der Waals surface area contributed by atoms with Crippen molar-refractivity contribution in [3.8, 4) is 0 Å². The second-order valence-corrected chi connectivity index (χ2v) is 5.87. The Bertz CT molecular complexity index is 575. The van der Waals surface area contributed by atoms with E-state index in [9.17, 15) is 4.39 Å². The number of benzene rings is 2. The zero-order chi connectivity index (χ0) is 13.1. The molecule has 0 saturated heterocycles. The van der Waals surface area contributed by atoms with Crippen LogP contribution in [0.15, 0.2) is 45.3 Å². The lowest BCUT2D eigenvalue weighted by molar-refractivity contribution is 0.630. The normalized spacial score (nSPS) is 10.4. The average molecular weight is 393 g/mol. The average Bonchev–Trinajstić information content (AvgIpc) is 2.34. The van der Waals surface area contributed by atoms with Crippen LogP contribution in [0.5, 0.6) is 0 Å². The highest BCUT2D eigenvalue weighted by Gasteiger charge is 2.03. The quantitative estimate of drug-likeness (QED) is 0.714. The fraction of sp³-hybridized carbons (Fsp3) is 0.0769. The van der Waals surface area contributed by atoms with Gasteiger partial charge in [-0.1, -0.05) is 17.7 Å². The molecule has 0 radical (unpaired) electrons. The third kappa shape index (κ3) is 3.46. The van der Waals surface area contributed by atoms with Crippen LogP contribution >= 0.6 is 43.5 Å². The minimum atomic E-state index is -0.310. The standard InChI is InChI=1S/C13H9Br2ClFN/c14-10-3-1-8(5-11(10)15)7-18-13-6-9(16)2-4-12(13)17/h1-6,18H,7H2. The summed E-state index contributed by atoms with van der Waals surface area (Å²) >= 11 is 12.7. The van der Waals surface area contributed by atoms with E-state index >= 15 is 0 Å². The van der Waals surface area contributed by atoms with Gasteiger partial charge in [0.1, 0.15) is 5.82 Å². The second-order valence-electron chi connectivity index (χ2n) is 3.73. The molecule has 0 aliphatic rings. The maximum Gasteiger partial charge on any atom is 0.146 e. The Morgan fingerprint density at radius 1 is 1.06 bits per heavy atom. The number of rotatable bonds is 3. The summed E-state index contributed by atoms with van der Waals surface area (Å²) in [5.41, 5.74) is 1.45. The van der Waals surface area contributed by atoms with Crippen molar-refractivity contribution in [1.29, 1.82) is 0 Å². The minimum absolute atomic E-state index is 0.310. The van der Waals surface area contributed by atoms with E-state index in [0.29, 0.717) is 17.3 Å². The Morgan fingerprint density at radius 3 is 2.56 bits per heavy atom. The highest BCUT2D eigenvalue weighted by atomic mass is 79.9. The summed E-state index contributed by atoms with van der Waals surface area (Å²) in [5, 5.41) is 3.53. The van der Waals surface area contributed by atoms with Crippen LogP contribution in [-0.2, 0) is 6.54 Å². The van der Waals surface area contributed by atoms with Crippen molar-refractivity contribution in [1.82, 2.24) is 0 Å². The third-order valence-electron chi connectivity index (χ3n) is 2.40. The minimum Gasteiger partial charge on any atom is -0.379 e. The molecule has 0 aliphatic carbocycles. The van der Waals surface area contributed by atoms with E-state index in [2.05, 4.69) is 37.2 Å². The zero-order valence-electron chi connectivity index (χ0n) is 9.18. The monoisotopic (exact) mass is 391 g/mol. The number of hydrogen-bond acceptors (Lipinski definition) is 1. The lowest BCUT2D eigenvalue weighted by Crippen LogP contribution is -2.01. The van der Waals surface area contributed by atoms with Gasteiger partial charge in [0, 0.05) is 20.5 Å². The first-order valence-corrected chi connectivity index (χ1v) is 7.15. The first-order chi connectivity index (χ1) is 8.56. The van der Waals surface area contributed by atoms with Crippen LogP contribution in [0.4, 0.5) is 10.1 Å². The SMILES string of the molecule is Fc1ccc(Cl)cc1NCc1ccc(Br)c(Br)c1. The molecule has 0 spiro atoms. The predicted octanol–water partition coefficient (Wildman–Crippen LogP) is 5.62.